The third-order valence-corrected chi connectivity index (χ3v) is 19.9. The van der Waals surface area contributed by atoms with E-state index in [1.165, 1.54) is 182 Å². The lowest BCUT2D eigenvalue weighted by Gasteiger charge is -2.18. The summed E-state index contributed by atoms with van der Waals surface area (Å²) in [4.78, 5) is 0. The topological polar surface area (TPSA) is 0 Å². The van der Waals surface area contributed by atoms with E-state index in [0.29, 0.717) is 0 Å². The zero-order valence-electron chi connectivity index (χ0n) is 40.1. The lowest BCUT2D eigenvalue weighted by atomic mass is 9.88. The first kappa shape index (κ1) is 52.2. The van der Waals surface area contributed by atoms with Crippen LogP contribution < -0.4 is 0 Å². The zero-order valence-corrected chi connectivity index (χ0v) is 46.6. The Bertz CT molecular complexity index is 1930. The van der Waals surface area contributed by atoms with Gasteiger partial charge in [0, 0.05) is 18.8 Å². The second kappa shape index (κ2) is 27.8. The van der Waals surface area contributed by atoms with Gasteiger partial charge in [-0.3, -0.25) is 0 Å². The third kappa shape index (κ3) is 14.1. The predicted molar refractivity (Wildman–Crippen MR) is 296 cm³/mol. The number of fused-ring (bicyclic) bond motifs is 4. The molecule has 0 fully saturated rings. The minimum Gasteiger partial charge on any atom is -0.143 e. The molecule has 0 bridgehead atoms. The summed E-state index contributed by atoms with van der Waals surface area (Å²) in [5.74, 6) is 3.48. The molecule has 6 aromatic rings. The Labute approximate surface area is 412 Å². The number of unbranched alkanes of at least 4 members (excludes halogenated alkanes) is 4. The fourth-order valence-corrected chi connectivity index (χ4v) is 15.7. The highest BCUT2D eigenvalue weighted by Crippen LogP contribution is 2.46. The van der Waals surface area contributed by atoms with Crippen molar-refractivity contribution in [3.05, 3.63) is 64.9 Å². The van der Waals surface area contributed by atoms with Crippen molar-refractivity contribution in [2.45, 2.75) is 209 Å². The van der Waals surface area contributed by atoms with Crippen molar-refractivity contribution in [1.29, 1.82) is 0 Å². The standard InChI is InChI=1S/C28H40Br2S2.C28H42S2/c1-5-9-11-19(7-3)13-15-21-23-17-25(29)32-28(23)22(24-18-26(30)31-27(21)24)16-14-20(8-4)12-10-6-2;1-5-9-11-21(7-3)13-15-23-25-17-19-30-28(25)24(26-18-20-29-27(23)26)16-14-22(8-4)12-10-6-2/h17-20H,5-16H2,1-4H3;17-22H,5-16H2,1-4H3. The summed E-state index contributed by atoms with van der Waals surface area (Å²) >= 11 is 15.5. The first-order valence-electron chi connectivity index (χ1n) is 25.4. The summed E-state index contributed by atoms with van der Waals surface area (Å²) in [6, 6.07) is 9.65. The average Bonchev–Trinajstić information content (AvgIpc) is 4.12. The monoisotopic (exact) mass is 1040 g/mol. The van der Waals surface area contributed by atoms with E-state index in [-0.39, 0.29) is 0 Å². The maximum atomic E-state index is 3.84. The Kier molecular flexibility index (Phi) is 23.4. The molecule has 0 nitrogen and oxygen atoms in total. The molecule has 0 radical (unpaired) electrons. The normalized spacial score (nSPS) is 14.0. The predicted octanol–water partition coefficient (Wildman–Crippen LogP) is 22.4. The molecule has 0 amide bonds. The summed E-state index contributed by atoms with van der Waals surface area (Å²) < 4.78 is 8.81. The molecule has 4 heterocycles. The van der Waals surface area contributed by atoms with E-state index < -0.39 is 0 Å². The van der Waals surface area contributed by atoms with Gasteiger partial charge in [-0.15, -0.1) is 45.3 Å². The number of benzene rings is 2. The molecule has 0 aliphatic heterocycles. The largest absolute Gasteiger partial charge is 0.143 e. The van der Waals surface area contributed by atoms with Gasteiger partial charge in [0.1, 0.15) is 0 Å². The van der Waals surface area contributed by atoms with Crippen LogP contribution in [0.4, 0.5) is 0 Å². The number of thiophene rings is 4. The summed E-state index contributed by atoms with van der Waals surface area (Å²) in [5.41, 5.74) is 6.50. The van der Waals surface area contributed by atoms with Crippen LogP contribution >= 0.6 is 77.2 Å². The van der Waals surface area contributed by atoms with Crippen LogP contribution in [-0.2, 0) is 25.7 Å². The SMILES string of the molecule is CCCCC(CC)CCc1c2cc(Br)sc2c(CCC(CC)CCCC)c2cc(Br)sc12.CCCCC(CC)CCc1c2ccsc2c(CCC(CC)CCCC)c2ccsc12. The van der Waals surface area contributed by atoms with E-state index >= 15 is 0 Å². The van der Waals surface area contributed by atoms with Gasteiger partial charge in [0.15, 0.2) is 0 Å². The maximum absolute atomic E-state index is 3.84. The Morgan fingerprint density at radius 1 is 0.387 bits per heavy atom. The highest BCUT2D eigenvalue weighted by Gasteiger charge is 2.22. The lowest BCUT2D eigenvalue weighted by Crippen LogP contribution is -2.03. The highest BCUT2D eigenvalue weighted by molar-refractivity contribution is 9.11. The molecular weight excluding hydrogens is 961 g/mol. The number of aryl methyl sites for hydroxylation is 4. The lowest BCUT2D eigenvalue weighted by molar-refractivity contribution is 0.422. The second-order valence-electron chi connectivity index (χ2n) is 18.6. The molecule has 4 unspecified atom stereocenters. The van der Waals surface area contributed by atoms with Gasteiger partial charge in [0.25, 0.3) is 0 Å². The third-order valence-electron chi connectivity index (χ3n) is 14.5. The van der Waals surface area contributed by atoms with Crippen molar-refractivity contribution in [3.8, 4) is 0 Å². The molecule has 0 saturated carbocycles. The summed E-state index contributed by atoms with van der Waals surface area (Å²) in [5, 5.41) is 10.8. The molecule has 0 saturated heterocycles. The Morgan fingerprint density at radius 3 is 0.952 bits per heavy atom. The molecule has 0 N–H and O–H groups in total. The number of hydrogen-bond acceptors (Lipinski definition) is 4. The van der Waals surface area contributed by atoms with Gasteiger partial charge in [-0.25, -0.2) is 0 Å². The first-order valence-corrected chi connectivity index (χ1v) is 30.4. The van der Waals surface area contributed by atoms with Crippen LogP contribution in [0.5, 0.6) is 0 Å². The Morgan fingerprint density at radius 2 is 0.677 bits per heavy atom. The van der Waals surface area contributed by atoms with Crippen LogP contribution in [0.1, 0.15) is 206 Å². The summed E-state index contributed by atoms with van der Waals surface area (Å²) in [6.07, 6.45) is 31.9. The van der Waals surface area contributed by atoms with Gasteiger partial charge in [-0.2, -0.15) is 0 Å². The molecule has 0 spiro atoms. The summed E-state index contributed by atoms with van der Waals surface area (Å²) in [7, 11) is 0. The van der Waals surface area contributed by atoms with Gasteiger partial charge >= 0.3 is 0 Å². The van der Waals surface area contributed by atoms with E-state index in [4.69, 9.17) is 0 Å². The van der Waals surface area contributed by atoms with Gasteiger partial charge in [0.05, 0.1) is 7.57 Å². The van der Waals surface area contributed by atoms with Crippen molar-refractivity contribution >= 4 is 118 Å². The van der Waals surface area contributed by atoms with Crippen molar-refractivity contribution in [2.75, 3.05) is 0 Å². The van der Waals surface area contributed by atoms with Crippen molar-refractivity contribution < 1.29 is 0 Å². The minimum atomic E-state index is 0.856. The molecule has 4 aromatic heterocycles. The number of halogens is 2. The van der Waals surface area contributed by atoms with Gasteiger partial charge < -0.3 is 0 Å². The molecule has 6 heteroatoms. The number of hydrogen-bond donors (Lipinski definition) is 0. The van der Waals surface area contributed by atoms with Gasteiger partial charge in [-0.05, 0) is 186 Å². The van der Waals surface area contributed by atoms with E-state index in [1.54, 1.807) is 42.4 Å². The van der Waals surface area contributed by atoms with Crippen LogP contribution in [0, 0.1) is 23.7 Å². The van der Waals surface area contributed by atoms with Crippen LogP contribution in [0.15, 0.2) is 42.6 Å². The van der Waals surface area contributed by atoms with Crippen molar-refractivity contribution in [3.63, 3.8) is 0 Å². The zero-order chi connectivity index (χ0) is 44.4. The van der Waals surface area contributed by atoms with E-state index in [0.717, 1.165) is 23.7 Å². The molecular formula is C56H82Br2S4. The first-order chi connectivity index (χ1) is 30.2. The van der Waals surface area contributed by atoms with Crippen molar-refractivity contribution in [2.24, 2.45) is 23.7 Å². The van der Waals surface area contributed by atoms with Crippen molar-refractivity contribution in [1.82, 2.24) is 0 Å². The number of rotatable bonds is 28. The average molecular weight is 1040 g/mol. The molecule has 0 aliphatic carbocycles. The quantitative estimate of drug-likeness (QED) is 0.0459. The van der Waals surface area contributed by atoms with E-state index in [1.807, 2.05) is 45.3 Å². The molecule has 2 aromatic carbocycles. The molecule has 62 heavy (non-hydrogen) atoms. The minimum absolute atomic E-state index is 0.856. The fraction of sp³-hybridized carbons (Fsp3) is 0.643. The molecule has 4 atom stereocenters. The second-order valence-corrected chi connectivity index (χ2v) is 25.3. The van der Waals surface area contributed by atoms with Crippen LogP contribution in [-0.4, -0.2) is 0 Å². The van der Waals surface area contributed by atoms with Crippen LogP contribution in [0.25, 0.3) is 40.3 Å². The van der Waals surface area contributed by atoms with Gasteiger partial charge in [0.2, 0.25) is 0 Å². The summed E-state index contributed by atoms with van der Waals surface area (Å²) in [6.45, 7) is 18.8. The molecule has 0 aliphatic rings. The van der Waals surface area contributed by atoms with Gasteiger partial charge in [-0.1, -0.05) is 158 Å². The smallest absolute Gasteiger partial charge is 0.0711 e. The maximum Gasteiger partial charge on any atom is 0.0711 e. The van der Waals surface area contributed by atoms with Crippen LogP contribution in [0.2, 0.25) is 0 Å². The van der Waals surface area contributed by atoms with E-state index in [9.17, 15) is 0 Å². The van der Waals surface area contributed by atoms with E-state index in [2.05, 4.69) is 122 Å². The highest BCUT2D eigenvalue weighted by atomic mass is 79.9. The fourth-order valence-electron chi connectivity index (χ4n) is 10.2. The van der Waals surface area contributed by atoms with Crippen LogP contribution in [0.3, 0.4) is 0 Å². The Balaban J connectivity index is 0.000000235. The molecule has 344 valence electrons. The molecule has 6 rings (SSSR count). The Hall–Kier alpha value is -0.760.